The van der Waals surface area contributed by atoms with Crippen LogP contribution in [0.15, 0.2) is 29.1 Å². The van der Waals surface area contributed by atoms with E-state index in [1.807, 2.05) is 23.0 Å². The lowest BCUT2D eigenvalue weighted by atomic mass is 10.2. The van der Waals surface area contributed by atoms with Crippen LogP contribution in [-0.4, -0.2) is 30.2 Å². The number of aromatic nitrogens is 3. The van der Waals surface area contributed by atoms with Gasteiger partial charge in [-0.05, 0) is 31.5 Å². The number of nitrogens with zero attached hydrogens (tertiary/aromatic N) is 3. The molecule has 6 nitrogen and oxygen atoms in total. The number of anilines is 1. The summed E-state index contributed by atoms with van der Waals surface area (Å²) < 4.78 is 9.69. The van der Waals surface area contributed by atoms with Crippen molar-refractivity contribution >= 4 is 16.9 Å². The number of likely N-dealkylation sites (N-methyl/N-ethyl adjacent to an activating group) is 1. The maximum Gasteiger partial charge on any atom is 0.232 e. The van der Waals surface area contributed by atoms with E-state index in [2.05, 4.69) is 37.5 Å². The molecule has 3 N–H and O–H groups in total. The number of nitrogens with two attached hydrogens (primary N) is 1. The maximum atomic E-state index is 6.44. The summed E-state index contributed by atoms with van der Waals surface area (Å²) in [5.41, 5.74) is 9.71. The molecule has 0 radical (unpaired) electrons. The Morgan fingerprint density at radius 2 is 2.13 bits per heavy atom. The van der Waals surface area contributed by atoms with Crippen molar-refractivity contribution in [3.8, 4) is 0 Å². The van der Waals surface area contributed by atoms with Crippen LogP contribution in [-0.2, 0) is 13.1 Å². The Morgan fingerprint density at radius 3 is 2.78 bits per heavy atom. The minimum Gasteiger partial charge on any atom is -0.467 e. The molecule has 3 rings (SSSR count). The molecular weight excluding hydrogens is 290 g/mol. The van der Waals surface area contributed by atoms with Gasteiger partial charge in [-0.2, -0.15) is 0 Å². The summed E-state index contributed by atoms with van der Waals surface area (Å²) in [6.07, 6.45) is 3.54. The number of nitrogen functional groups attached to an aromatic ring is 1. The van der Waals surface area contributed by atoms with E-state index in [0.29, 0.717) is 6.54 Å². The zero-order chi connectivity index (χ0) is 16.6. The van der Waals surface area contributed by atoms with Crippen LogP contribution in [0.2, 0.25) is 0 Å². The van der Waals surface area contributed by atoms with E-state index in [1.54, 1.807) is 6.26 Å². The lowest BCUT2D eigenvalue weighted by Gasteiger charge is -2.08. The van der Waals surface area contributed by atoms with Crippen LogP contribution >= 0.6 is 0 Å². The molecule has 0 fully saturated rings. The number of nitrogens with one attached hydrogen (secondary N) is 1. The molecule has 0 aromatic carbocycles. The van der Waals surface area contributed by atoms with E-state index < -0.39 is 0 Å². The van der Waals surface area contributed by atoms with Crippen LogP contribution in [0.5, 0.6) is 0 Å². The number of fused-ring (bicyclic) bond motifs is 1. The molecule has 6 heteroatoms. The Bertz CT molecular complexity index is 817. The van der Waals surface area contributed by atoms with Gasteiger partial charge in [0.1, 0.15) is 24.2 Å². The summed E-state index contributed by atoms with van der Waals surface area (Å²) in [5.74, 6) is 1.70. The summed E-state index contributed by atoms with van der Waals surface area (Å²) in [4.78, 5) is 6.07. The van der Waals surface area contributed by atoms with Crippen LogP contribution in [0, 0.1) is 13.8 Å². The van der Waals surface area contributed by atoms with Crippen LogP contribution in [0.3, 0.4) is 0 Å². The van der Waals surface area contributed by atoms with Gasteiger partial charge in [0.25, 0.3) is 0 Å². The van der Waals surface area contributed by atoms with E-state index in [-0.39, 0.29) is 0 Å². The van der Waals surface area contributed by atoms with Crippen molar-refractivity contribution in [2.24, 2.45) is 0 Å². The fraction of sp³-hybridized carbons (Fsp3) is 0.412. The third-order valence-corrected chi connectivity index (χ3v) is 4.43. The molecule has 3 aromatic heterocycles. The number of hydrogen-bond acceptors (Lipinski definition) is 3. The number of hydrogen-bond donors (Lipinski definition) is 2. The minimum absolute atomic E-state index is 0.668. The topological polar surface area (TPSA) is 65.3 Å². The molecule has 3 aromatic rings. The Morgan fingerprint density at radius 1 is 1.35 bits per heavy atom. The molecule has 0 bridgehead atoms. The first-order valence-electron chi connectivity index (χ1n) is 7.93. The predicted octanol–water partition coefficient (Wildman–Crippen LogP) is 0.309. The molecule has 0 spiro atoms. The van der Waals surface area contributed by atoms with Crippen LogP contribution in [0.25, 0.3) is 11.0 Å². The fourth-order valence-electron chi connectivity index (χ4n) is 2.89. The van der Waals surface area contributed by atoms with Gasteiger partial charge < -0.3 is 19.6 Å². The van der Waals surface area contributed by atoms with Gasteiger partial charge in [-0.25, -0.2) is 4.57 Å². The fourth-order valence-corrected chi connectivity index (χ4v) is 2.89. The number of quaternary nitrogens is 1. The smallest absolute Gasteiger partial charge is 0.232 e. The number of furan rings is 1. The van der Waals surface area contributed by atoms with Gasteiger partial charge >= 0.3 is 0 Å². The highest BCUT2D eigenvalue weighted by atomic mass is 16.3. The molecule has 3 heterocycles. The molecule has 0 aliphatic rings. The normalized spacial score (nSPS) is 11.7. The molecule has 0 saturated heterocycles. The van der Waals surface area contributed by atoms with E-state index in [0.717, 1.165) is 35.7 Å². The Balaban J connectivity index is 2.06. The van der Waals surface area contributed by atoms with Gasteiger partial charge in [0.15, 0.2) is 0 Å². The molecule has 0 aliphatic carbocycles. The summed E-state index contributed by atoms with van der Waals surface area (Å²) in [5, 5.41) is 1.05. The summed E-state index contributed by atoms with van der Waals surface area (Å²) in [7, 11) is 4.27. The molecule has 122 valence electrons. The van der Waals surface area contributed by atoms with Gasteiger partial charge in [0, 0.05) is 5.69 Å². The average Bonchev–Trinajstić information content (AvgIpc) is 3.10. The first-order chi connectivity index (χ1) is 11.0. The molecule has 23 heavy (non-hydrogen) atoms. The second kappa shape index (κ2) is 6.04. The van der Waals surface area contributed by atoms with Crippen molar-refractivity contribution in [3.63, 3.8) is 0 Å². The third kappa shape index (κ3) is 2.82. The Hall–Kier alpha value is -2.34. The largest absolute Gasteiger partial charge is 0.467 e. The van der Waals surface area contributed by atoms with Crippen LogP contribution in [0.1, 0.15) is 17.0 Å². The van der Waals surface area contributed by atoms with Crippen LogP contribution in [0.4, 0.5) is 5.82 Å². The summed E-state index contributed by atoms with van der Waals surface area (Å²) in [6, 6.07) is 3.88. The number of aryl methyl sites for hydroxylation is 1. The Kier molecular flexibility index (Phi) is 4.09. The first kappa shape index (κ1) is 15.6. The van der Waals surface area contributed by atoms with Crippen LogP contribution < -0.4 is 15.2 Å². The standard InChI is InChI=1S/C17H23N5O/c1-12-13(2)22(10-14-6-5-9-23-14)17-15(12)16(18)21(11-19-17)8-7-20(3)4/h5-6,9,11,18H,7-8,10H2,1-4H3/p+2. The predicted molar refractivity (Wildman–Crippen MR) is 89.3 cm³/mol. The zero-order valence-electron chi connectivity index (χ0n) is 14.3. The monoisotopic (exact) mass is 315 g/mol. The van der Waals surface area contributed by atoms with Crippen molar-refractivity contribution in [1.29, 1.82) is 0 Å². The summed E-state index contributed by atoms with van der Waals surface area (Å²) in [6.45, 7) is 6.75. The molecule has 0 aliphatic heterocycles. The van der Waals surface area contributed by atoms with Crippen molar-refractivity contribution < 1.29 is 13.9 Å². The Labute approximate surface area is 136 Å². The van der Waals surface area contributed by atoms with Gasteiger partial charge in [-0.3, -0.25) is 0 Å². The first-order valence-corrected chi connectivity index (χ1v) is 7.93. The second-order valence-corrected chi connectivity index (χ2v) is 6.35. The van der Waals surface area contributed by atoms with E-state index in [4.69, 9.17) is 10.2 Å². The van der Waals surface area contributed by atoms with Crippen molar-refractivity contribution in [2.45, 2.75) is 26.9 Å². The molecule has 0 unspecified atom stereocenters. The quantitative estimate of drug-likeness (QED) is 0.666. The highest BCUT2D eigenvalue weighted by molar-refractivity contribution is 5.89. The van der Waals surface area contributed by atoms with Crippen molar-refractivity contribution in [3.05, 3.63) is 41.7 Å². The summed E-state index contributed by atoms with van der Waals surface area (Å²) >= 11 is 0. The third-order valence-electron chi connectivity index (χ3n) is 4.43. The molecule has 0 amide bonds. The van der Waals surface area contributed by atoms with Gasteiger partial charge in [-0.15, -0.1) is 0 Å². The average molecular weight is 315 g/mol. The van der Waals surface area contributed by atoms with Crippen molar-refractivity contribution in [1.82, 2.24) is 9.55 Å². The van der Waals surface area contributed by atoms with Gasteiger partial charge in [0.05, 0.1) is 26.9 Å². The van der Waals surface area contributed by atoms with E-state index in [1.165, 1.54) is 16.2 Å². The highest BCUT2D eigenvalue weighted by Crippen LogP contribution is 2.27. The van der Waals surface area contributed by atoms with E-state index in [9.17, 15) is 0 Å². The van der Waals surface area contributed by atoms with Gasteiger partial charge in [-0.1, -0.05) is 4.98 Å². The SMILES string of the molecule is Cc1c(C)n(Cc2ccco2)c2nc[n+](CC[NH+](C)C)c(N)c12. The molecular formula is C17H25N5O+2. The maximum absolute atomic E-state index is 6.44. The highest BCUT2D eigenvalue weighted by Gasteiger charge is 2.22. The lowest BCUT2D eigenvalue weighted by molar-refractivity contribution is -0.881. The van der Waals surface area contributed by atoms with E-state index >= 15 is 0 Å². The molecule has 0 saturated carbocycles. The second-order valence-electron chi connectivity index (χ2n) is 6.35. The lowest BCUT2D eigenvalue weighted by Crippen LogP contribution is -3.06. The minimum atomic E-state index is 0.668. The van der Waals surface area contributed by atoms with Gasteiger partial charge in [0.2, 0.25) is 17.8 Å². The number of rotatable bonds is 5. The zero-order valence-corrected chi connectivity index (χ0v) is 14.3. The van der Waals surface area contributed by atoms with Crippen molar-refractivity contribution in [2.75, 3.05) is 26.4 Å². The molecule has 0 atom stereocenters.